The van der Waals surface area contributed by atoms with Gasteiger partial charge in [-0.3, -0.25) is 9.59 Å². The van der Waals surface area contributed by atoms with E-state index >= 15 is 0 Å². The highest BCUT2D eigenvalue weighted by molar-refractivity contribution is 6.46. The monoisotopic (exact) mass is 428 g/mol. The molecule has 4 nitrogen and oxygen atoms in total. The molecule has 0 fully saturated rings. The number of anilines is 2. The molecule has 0 aliphatic carbocycles. The number of nitrogens with zero attached hydrogens (tertiary/aromatic N) is 1. The molecule has 1 N–H and O–H groups in total. The predicted octanol–water partition coefficient (Wildman–Crippen LogP) is 5.83. The highest BCUT2D eigenvalue weighted by Crippen LogP contribution is 2.35. The van der Waals surface area contributed by atoms with Gasteiger partial charge in [-0.25, -0.2) is 9.29 Å². The molecule has 4 rings (SSSR count). The summed E-state index contributed by atoms with van der Waals surface area (Å²) in [7, 11) is 0. The first-order chi connectivity index (χ1) is 15.2. The minimum absolute atomic E-state index is 0.00213. The summed E-state index contributed by atoms with van der Waals surface area (Å²) in [5, 5.41) is 3.16. The average molecular weight is 429 g/mol. The van der Waals surface area contributed by atoms with Crippen LogP contribution in [0.3, 0.4) is 0 Å². The van der Waals surface area contributed by atoms with E-state index in [2.05, 4.69) is 26.1 Å². The van der Waals surface area contributed by atoms with Gasteiger partial charge in [0, 0.05) is 5.69 Å². The van der Waals surface area contributed by atoms with Gasteiger partial charge in [0.2, 0.25) is 0 Å². The van der Waals surface area contributed by atoms with Crippen LogP contribution >= 0.6 is 0 Å². The summed E-state index contributed by atoms with van der Waals surface area (Å²) in [4.78, 5) is 28.1. The molecule has 5 heteroatoms. The van der Waals surface area contributed by atoms with Gasteiger partial charge in [0.05, 0.1) is 11.3 Å². The molecule has 0 aromatic heterocycles. The second-order valence-corrected chi connectivity index (χ2v) is 8.94. The zero-order chi connectivity index (χ0) is 23.0. The molecule has 0 atom stereocenters. The number of hydrogen-bond acceptors (Lipinski definition) is 3. The molecule has 1 aliphatic rings. The molecular weight excluding hydrogens is 403 g/mol. The van der Waals surface area contributed by atoms with Crippen LogP contribution in [0.5, 0.6) is 0 Å². The standard InChI is InChI=1S/C27H25FN2O2/c1-17-7-5-6-8-22(17)30-25(31)23(18-9-13-20(28)14-10-18)24(26(30)32)29-21-15-11-19(12-16-21)27(2,3)4/h5-16,29H,1-4H3. The van der Waals surface area contributed by atoms with Gasteiger partial charge in [-0.2, -0.15) is 0 Å². The normalized spacial score (nSPS) is 14.3. The van der Waals surface area contributed by atoms with Gasteiger partial charge in [0.15, 0.2) is 0 Å². The van der Waals surface area contributed by atoms with E-state index in [1.807, 2.05) is 43.3 Å². The Morgan fingerprint density at radius 3 is 2.03 bits per heavy atom. The number of carbonyl (C=O) groups is 2. The van der Waals surface area contributed by atoms with Gasteiger partial charge in [-0.15, -0.1) is 0 Å². The molecular formula is C27H25FN2O2. The van der Waals surface area contributed by atoms with Crippen molar-refractivity contribution in [3.05, 3.63) is 101 Å². The Balaban J connectivity index is 1.79. The summed E-state index contributed by atoms with van der Waals surface area (Å²) < 4.78 is 13.5. The van der Waals surface area contributed by atoms with Crippen LogP contribution in [0.1, 0.15) is 37.5 Å². The Morgan fingerprint density at radius 2 is 1.44 bits per heavy atom. The maximum Gasteiger partial charge on any atom is 0.282 e. The second kappa shape index (κ2) is 8.08. The van der Waals surface area contributed by atoms with Gasteiger partial charge in [0.1, 0.15) is 11.5 Å². The molecule has 3 aromatic rings. The number of rotatable bonds is 4. The summed E-state index contributed by atoms with van der Waals surface area (Å²) in [6.07, 6.45) is 0. The smallest absolute Gasteiger partial charge is 0.282 e. The van der Waals surface area contributed by atoms with Crippen molar-refractivity contribution in [1.82, 2.24) is 0 Å². The Labute approximate surface area is 187 Å². The van der Waals surface area contributed by atoms with E-state index in [9.17, 15) is 14.0 Å². The molecule has 1 heterocycles. The molecule has 0 radical (unpaired) electrons. The molecule has 0 spiro atoms. The highest BCUT2D eigenvalue weighted by atomic mass is 19.1. The molecule has 3 aromatic carbocycles. The van der Waals surface area contributed by atoms with Crippen LogP contribution in [0.4, 0.5) is 15.8 Å². The van der Waals surface area contributed by atoms with Crippen LogP contribution in [0.2, 0.25) is 0 Å². The van der Waals surface area contributed by atoms with Gasteiger partial charge in [-0.1, -0.05) is 63.2 Å². The lowest BCUT2D eigenvalue weighted by molar-refractivity contribution is -0.120. The number of para-hydroxylation sites is 1. The Morgan fingerprint density at radius 1 is 0.812 bits per heavy atom. The van der Waals surface area contributed by atoms with Crippen molar-refractivity contribution < 1.29 is 14.0 Å². The third-order valence-electron chi connectivity index (χ3n) is 5.59. The van der Waals surface area contributed by atoms with Crippen LogP contribution in [-0.2, 0) is 15.0 Å². The second-order valence-electron chi connectivity index (χ2n) is 8.94. The maximum absolute atomic E-state index is 13.5. The van der Waals surface area contributed by atoms with E-state index in [1.54, 1.807) is 12.1 Å². The number of imide groups is 1. The van der Waals surface area contributed by atoms with Crippen LogP contribution in [0, 0.1) is 12.7 Å². The molecule has 0 saturated heterocycles. The Kier molecular flexibility index (Phi) is 5.43. The third-order valence-corrected chi connectivity index (χ3v) is 5.59. The van der Waals surface area contributed by atoms with E-state index in [4.69, 9.17) is 0 Å². The molecule has 32 heavy (non-hydrogen) atoms. The molecule has 162 valence electrons. The number of halogens is 1. The van der Waals surface area contributed by atoms with E-state index in [0.29, 0.717) is 16.9 Å². The van der Waals surface area contributed by atoms with E-state index in [-0.39, 0.29) is 16.7 Å². The first kappa shape index (κ1) is 21.5. The molecule has 1 aliphatic heterocycles. The first-order valence-corrected chi connectivity index (χ1v) is 10.5. The van der Waals surface area contributed by atoms with E-state index in [0.717, 1.165) is 11.1 Å². The SMILES string of the molecule is Cc1ccccc1N1C(=O)C(Nc2ccc(C(C)(C)C)cc2)=C(c2ccc(F)cc2)C1=O. The van der Waals surface area contributed by atoms with Crippen molar-refractivity contribution in [3.8, 4) is 0 Å². The van der Waals surface area contributed by atoms with Crippen molar-refractivity contribution >= 4 is 28.8 Å². The van der Waals surface area contributed by atoms with E-state index < -0.39 is 17.6 Å². The highest BCUT2D eigenvalue weighted by Gasteiger charge is 2.40. The topological polar surface area (TPSA) is 49.4 Å². The van der Waals surface area contributed by atoms with Crippen molar-refractivity contribution in [2.24, 2.45) is 0 Å². The average Bonchev–Trinajstić information content (AvgIpc) is 2.99. The lowest BCUT2D eigenvalue weighted by Crippen LogP contribution is -2.33. The number of nitrogens with one attached hydrogen (secondary N) is 1. The van der Waals surface area contributed by atoms with Gasteiger partial charge in [0.25, 0.3) is 11.8 Å². The van der Waals surface area contributed by atoms with Crippen LogP contribution in [0.15, 0.2) is 78.5 Å². The summed E-state index contributed by atoms with van der Waals surface area (Å²) in [6, 6.07) is 20.6. The fraction of sp³-hybridized carbons (Fsp3) is 0.185. The third kappa shape index (κ3) is 3.94. The molecule has 0 bridgehead atoms. The molecule has 0 unspecified atom stereocenters. The lowest BCUT2D eigenvalue weighted by Gasteiger charge is -2.19. The zero-order valence-electron chi connectivity index (χ0n) is 18.6. The maximum atomic E-state index is 13.5. The summed E-state index contributed by atoms with van der Waals surface area (Å²) in [5.41, 5.74) is 4.07. The van der Waals surface area contributed by atoms with Crippen molar-refractivity contribution in [1.29, 1.82) is 0 Å². The number of benzene rings is 3. The molecule has 0 saturated carbocycles. The fourth-order valence-corrected chi connectivity index (χ4v) is 3.76. The number of hydrogen-bond donors (Lipinski definition) is 1. The minimum Gasteiger partial charge on any atom is -0.350 e. The summed E-state index contributed by atoms with van der Waals surface area (Å²) >= 11 is 0. The van der Waals surface area contributed by atoms with Gasteiger partial charge >= 0.3 is 0 Å². The number of amides is 2. The largest absolute Gasteiger partial charge is 0.350 e. The van der Waals surface area contributed by atoms with Crippen LogP contribution in [0.25, 0.3) is 5.57 Å². The zero-order valence-corrected chi connectivity index (χ0v) is 18.6. The first-order valence-electron chi connectivity index (χ1n) is 10.5. The van der Waals surface area contributed by atoms with Crippen molar-refractivity contribution in [3.63, 3.8) is 0 Å². The van der Waals surface area contributed by atoms with Crippen molar-refractivity contribution in [2.75, 3.05) is 10.2 Å². The number of carbonyl (C=O) groups excluding carboxylic acids is 2. The summed E-state index contributed by atoms with van der Waals surface area (Å²) in [5.74, 6) is -1.29. The Hall–Kier alpha value is -3.73. The van der Waals surface area contributed by atoms with Gasteiger partial charge in [-0.05, 0) is 59.4 Å². The Bertz CT molecular complexity index is 1220. The molecule has 2 amide bonds. The predicted molar refractivity (Wildman–Crippen MR) is 126 cm³/mol. The number of aryl methyl sites for hydroxylation is 1. The fourth-order valence-electron chi connectivity index (χ4n) is 3.76. The lowest BCUT2D eigenvalue weighted by atomic mass is 9.87. The van der Waals surface area contributed by atoms with Crippen LogP contribution in [-0.4, -0.2) is 11.8 Å². The van der Waals surface area contributed by atoms with Gasteiger partial charge < -0.3 is 5.32 Å². The quantitative estimate of drug-likeness (QED) is 0.532. The van der Waals surface area contributed by atoms with E-state index in [1.165, 1.54) is 29.2 Å². The van der Waals surface area contributed by atoms with Crippen LogP contribution < -0.4 is 10.2 Å². The summed E-state index contributed by atoms with van der Waals surface area (Å²) in [6.45, 7) is 8.24. The van der Waals surface area contributed by atoms with Crippen molar-refractivity contribution in [2.45, 2.75) is 33.1 Å². The minimum atomic E-state index is -0.441.